The van der Waals surface area contributed by atoms with Crippen LogP contribution in [0.5, 0.6) is 0 Å². The van der Waals surface area contributed by atoms with Gasteiger partial charge in [-0.25, -0.2) is 0 Å². The third kappa shape index (κ3) is 2.88. The number of amides is 1. The molecular formula is C13H20N2O2. The summed E-state index contributed by atoms with van der Waals surface area (Å²) in [5.74, 6) is 0.166. The van der Waals surface area contributed by atoms with Crippen LogP contribution in [0.4, 0.5) is 0 Å². The van der Waals surface area contributed by atoms with E-state index in [1.807, 2.05) is 13.1 Å². The van der Waals surface area contributed by atoms with E-state index in [4.69, 9.17) is 10.2 Å². The molecule has 1 aliphatic carbocycles. The SMILES string of the molecule is CN(Cc1ccoc1)C(=O)C1CCCCC1N. The Bertz CT molecular complexity index is 362. The second kappa shape index (κ2) is 5.36. The summed E-state index contributed by atoms with van der Waals surface area (Å²) >= 11 is 0. The van der Waals surface area contributed by atoms with Crippen molar-refractivity contribution < 1.29 is 9.21 Å². The van der Waals surface area contributed by atoms with Crippen molar-refractivity contribution >= 4 is 5.91 Å². The van der Waals surface area contributed by atoms with E-state index in [1.165, 1.54) is 0 Å². The van der Waals surface area contributed by atoms with Gasteiger partial charge in [-0.05, 0) is 18.9 Å². The van der Waals surface area contributed by atoms with Crippen molar-refractivity contribution in [1.82, 2.24) is 4.90 Å². The molecule has 2 rings (SSSR count). The lowest BCUT2D eigenvalue weighted by molar-refractivity contribution is -0.136. The quantitative estimate of drug-likeness (QED) is 0.869. The van der Waals surface area contributed by atoms with Crippen LogP contribution < -0.4 is 5.73 Å². The number of hydrogen-bond donors (Lipinski definition) is 1. The Labute approximate surface area is 102 Å². The Hall–Kier alpha value is -1.29. The zero-order valence-electron chi connectivity index (χ0n) is 10.3. The molecule has 1 aromatic rings. The summed E-state index contributed by atoms with van der Waals surface area (Å²) in [5, 5.41) is 0. The van der Waals surface area contributed by atoms with E-state index in [2.05, 4.69) is 0 Å². The number of nitrogens with zero attached hydrogens (tertiary/aromatic N) is 1. The van der Waals surface area contributed by atoms with Gasteiger partial charge in [0.15, 0.2) is 0 Å². The number of furan rings is 1. The summed E-state index contributed by atoms with van der Waals surface area (Å²) in [6.45, 7) is 0.596. The third-order valence-corrected chi connectivity index (χ3v) is 3.51. The first-order valence-electron chi connectivity index (χ1n) is 6.20. The molecule has 4 nitrogen and oxygen atoms in total. The molecule has 2 atom stereocenters. The molecule has 0 saturated heterocycles. The van der Waals surface area contributed by atoms with Gasteiger partial charge in [0.05, 0.1) is 18.4 Å². The number of carbonyl (C=O) groups excluding carboxylic acids is 1. The summed E-state index contributed by atoms with van der Waals surface area (Å²) in [7, 11) is 1.83. The maximum Gasteiger partial charge on any atom is 0.227 e. The summed E-state index contributed by atoms with van der Waals surface area (Å²) in [6.07, 6.45) is 7.45. The van der Waals surface area contributed by atoms with Gasteiger partial charge in [0, 0.05) is 25.2 Å². The second-order valence-corrected chi connectivity index (χ2v) is 4.88. The van der Waals surface area contributed by atoms with Gasteiger partial charge in [-0.3, -0.25) is 4.79 Å². The van der Waals surface area contributed by atoms with Gasteiger partial charge in [0.2, 0.25) is 5.91 Å². The molecule has 2 N–H and O–H groups in total. The van der Waals surface area contributed by atoms with Crippen LogP contribution in [0.1, 0.15) is 31.2 Å². The lowest BCUT2D eigenvalue weighted by atomic mass is 9.84. The molecule has 1 saturated carbocycles. The van der Waals surface area contributed by atoms with Crippen molar-refractivity contribution in [3.8, 4) is 0 Å². The Morgan fingerprint density at radius 1 is 1.53 bits per heavy atom. The van der Waals surface area contributed by atoms with Crippen LogP contribution in [-0.4, -0.2) is 23.9 Å². The Kier molecular flexibility index (Phi) is 3.84. The molecule has 0 bridgehead atoms. The predicted octanol–water partition coefficient (Wildman–Crippen LogP) is 1.76. The van der Waals surface area contributed by atoms with Crippen molar-refractivity contribution in [2.24, 2.45) is 11.7 Å². The highest BCUT2D eigenvalue weighted by Crippen LogP contribution is 2.24. The van der Waals surface area contributed by atoms with E-state index in [0.717, 1.165) is 31.2 Å². The average molecular weight is 236 g/mol. The average Bonchev–Trinajstić information content (AvgIpc) is 2.81. The van der Waals surface area contributed by atoms with Crippen LogP contribution in [0.25, 0.3) is 0 Å². The summed E-state index contributed by atoms with van der Waals surface area (Å²) in [5.41, 5.74) is 7.04. The lowest BCUT2D eigenvalue weighted by Crippen LogP contribution is -2.44. The topological polar surface area (TPSA) is 59.5 Å². The van der Waals surface area contributed by atoms with E-state index < -0.39 is 0 Å². The fourth-order valence-electron chi connectivity index (χ4n) is 2.48. The summed E-state index contributed by atoms with van der Waals surface area (Å²) in [4.78, 5) is 14.0. The minimum Gasteiger partial charge on any atom is -0.472 e. The monoisotopic (exact) mass is 236 g/mol. The number of carbonyl (C=O) groups is 1. The standard InChI is InChI=1S/C13H20N2O2/c1-15(8-10-6-7-17-9-10)13(16)11-4-2-3-5-12(11)14/h6-7,9,11-12H,2-5,8,14H2,1H3. The molecule has 4 heteroatoms. The first kappa shape index (κ1) is 12.2. The van der Waals surface area contributed by atoms with Gasteiger partial charge in [-0.1, -0.05) is 12.8 Å². The highest BCUT2D eigenvalue weighted by molar-refractivity contribution is 5.79. The minimum absolute atomic E-state index is 0.000603. The van der Waals surface area contributed by atoms with E-state index >= 15 is 0 Å². The molecule has 1 amide bonds. The van der Waals surface area contributed by atoms with Crippen LogP contribution in [-0.2, 0) is 11.3 Å². The van der Waals surface area contributed by atoms with E-state index in [1.54, 1.807) is 17.4 Å². The Morgan fingerprint density at radius 3 is 2.94 bits per heavy atom. The van der Waals surface area contributed by atoms with Crippen LogP contribution in [0.15, 0.2) is 23.0 Å². The first-order valence-corrected chi connectivity index (χ1v) is 6.20. The highest BCUT2D eigenvalue weighted by Gasteiger charge is 2.30. The summed E-state index contributed by atoms with van der Waals surface area (Å²) < 4.78 is 5.00. The number of nitrogens with two attached hydrogens (primary N) is 1. The maximum atomic E-state index is 12.3. The predicted molar refractivity (Wildman–Crippen MR) is 65.1 cm³/mol. The molecule has 1 aromatic heterocycles. The fourth-order valence-corrected chi connectivity index (χ4v) is 2.48. The Balaban J connectivity index is 1.94. The van der Waals surface area contributed by atoms with Gasteiger partial charge in [0.25, 0.3) is 0 Å². The maximum absolute atomic E-state index is 12.3. The minimum atomic E-state index is 0.000603. The molecule has 0 aliphatic heterocycles. The molecular weight excluding hydrogens is 216 g/mol. The first-order chi connectivity index (χ1) is 8.18. The van der Waals surface area contributed by atoms with Crippen molar-refractivity contribution in [2.45, 2.75) is 38.3 Å². The zero-order chi connectivity index (χ0) is 12.3. The van der Waals surface area contributed by atoms with Gasteiger partial charge in [0.1, 0.15) is 0 Å². The van der Waals surface area contributed by atoms with Crippen molar-refractivity contribution in [3.63, 3.8) is 0 Å². The third-order valence-electron chi connectivity index (χ3n) is 3.51. The van der Waals surface area contributed by atoms with E-state index in [0.29, 0.717) is 6.54 Å². The largest absolute Gasteiger partial charge is 0.472 e. The lowest BCUT2D eigenvalue weighted by Gasteiger charge is -2.30. The van der Waals surface area contributed by atoms with Gasteiger partial charge >= 0.3 is 0 Å². The van der Waals surface area contributed by atoms with Crippen LogP contribution in [0, 0.1) is 5.92 Å². The number of rotatable bonds is 3. The molecule has 0 aromatic carbocycles. The molecule has 2 unspecified atom stereocenters. The van der Waals surface area contributed by atoms with Gasteiger partial charge in [-0.15, -0.1) is 0 Å². The smallest absolute Gasteiger partial charge is 0.227 e. The Morgan fingerprint density at radius 2 is 2.29 bits per heavy atom. The second-order valence-electron chi connectivity index (χ2n) is 4.88. The van der Waals surface area contributed by atoms with Crippen LogP contribution >= 0.6 is 0 Å². The van der Waals surface area contributed by atoms with Crippen molar-refractivity contribution in [2.75, 3.05) is 7.05 Å². The summed E-state index contributed by atoms with van der Waals surface area (Å²) in [6, 6.07) is 1.91. The zero-order valence-corrected chi connectivity index (χ0v) is 10.3. The van der Waals surface area contributed by atoms with Gasteiger partial charge < -0.3 is 15.1 Å². The molecule has 1 fully saturated rings. The van der Waals surface area contributed by atoms with E-state index in [-0.39, 0.29) is 17.9 Å². The molecule has 0 spiro atoms. The molecule has 0 radical (unpaired) electrons. The van der Waals surface area contributed by atoms with Crippen LogP contribution in [0.3, 0.4) is 0 Å². The molecule has 94 valence electrons. The number of hydrogen-bond acceptors (Lipinski definition) is 3. The van der Waals surface area contributed by atoms with Crippen LogP contribution in [0.2, 0.25) is 0 Å². The van der Waals surface area contributed by atoms with Crippen molar-refractivity contribution in [1.29, 1.82) is 0 Å². The van der Waals surface area contributed by atoms with E-state index in [9.17, 15) is 4.79 Å². The highest BCUT2D eigenvalue weighted by atomic mass is 16.3. The van der Waals surface area contributed by atoms with Gasteiger partial charge in [-0.2, -0.15) is 0 Å². The molecule has 1 aliphatic rings. The van der Waals surface area contributed by atoms with Crippen molar-refractivity contribution in [3.05, 3.63) is 24.2 Å². The molecule has 17 heavy (non-hydrogen) atoms. The normalized spacial score (nSPS) is 24.6. The molecule has 1 heterocycles. The fraction of sp³-hybridized carbons (Fsp3) is 0.615.